The lowest BCUT2D eigenvalue weighted by atomic mass is 10.4. The van der Waals surface area contributed by atoms with Crippen LogP contribution in [0.15, 0.2) is 21.9 Å². The zero-order chi connectivity index (χ0) is 6.97. The summed E-state index contributed by atoms with van der Waals surface area (Å²) in [6, 6.07) is 0. The predicted molar refractivity (Wildman–Crippen MR) is 35.6 cm³/mol. The van der Waals surface area contributed by atoms with Crippen LogP contribution in [-0.2, 0) is 0 Å². The number of fused-ring (bicyclic) bond motifs is 1. The third-order valence-electron chi connectivity index (χ3n) is 1.30. The lowest BCUT2D eigenvalue weighted by molar-refractivity contribution is 0.0425. The van der Waals surface area contributed by atoms with Gasteiger partial charge in [0.1, 0.15) is 13.0 Å². The monoisotopic (exact) mass is 138 g/mol. The molecule has 0 bridgehead atoms. The average Bonchev–Trinajstić information content (AvgIpc) is 2.33. The number of hydrogen-bond donors (Lipinski definition) is 2. The van der Waals surface area contributed by atoms with Crippen LogP contribution >= 0.6 is 0 Å². The third-order valence-corrected chi connectivity index (χ3v) is 1.30. The summed E-state index contributed by atoms with van der Waals surface area (Å²) in [6.07, 6.45) is 2.83. The lowest BCUT2D eigenvalue weighted by Crippen LogP contribution is -2.21. The molecule has 0 saturated heterocycles. The second-order valence-corrected chi connectivity index (χ2v) is 1.98. The molecule has 5 nitrogen and oxygen atoms in total. The van der Waals surface area contributed by atoms with Gasteiger partial charge in [0.15, 0.2) is 5.84 Å². The van der Waals surface area contributed by atoms with Gasteiger partial charge in [0.05, 0.1) is 11.9 Å². The molecule has 52 valence electrons. The van der Waals surface area contributed by atoms with Crippen molar-refractivity contribution in [1.29, 1.82) is 0 Å². The van der Waals surface area contributed by atoms with Crippen LogP contribution in [0.1, 0.15) is 0 Å². The van der Waals surface area contributed by atoms with Gasteiger partial charge in [0, 0.05) is 0 Å². The zero-order valence-electron chi connectivity index (χ0n) is 5.15. The standard InChI is InChI=1S/C5H6N4O/c10-9-1-4-5(8-3-9)7-2-6-4/h1,3,6,10H,2H2. The molecule has 0 spiro atoms. The van der Waals surface area contributed by atoms with Gasteiger partial charge in [0.2, 0.25) is 0 Å². The first kappa shape index (κ1) is 5.43. The summed E-state index contributed by atoms with van der Waals surface area (Å²) in [7, 11) is 0. The molecule has 2 N–H and O–H groups in total. The highest BCUT2D eigenvalue weighted by Gasteiger charge is 2.15. The Bertz CT molecular complexity index is 242. The minimum absolute atomic E-state index is 0.548. The molecular weight excluding hydrogens is 132 g/mol. The predicted octanol–water partition coefficient (Wildman–Crippen LogP) is -0.480. The van der Waals surface area contributed by atoms with Crippen molar-refractivity contribution in [1.82, 2.24) is 10.4 Å². The SMILES string of the molecule is ON1C=NC2=NCNC2=C1. The molecule has 0 amide bonds. The number of aliphatic imine (C=N–C) groups is 2. The molecule has 2 heterocycles. The maximum absolute atomic E-state index is 8.87. The molecule has 2 aliphatic heterocycles. The molecule has 0 aromatic carbocycles. The van der Waals surface area contributed by atoms with Crippen molar-refractivity contribution in [2.45, 2.75) is 0 Å². The van der Waals surface area contributed by atoms with Crippen molar-refractivity contribution in [3.05, 3.63) is 11.9 Å². The van der Waals surface area contributed by atoms with Crippen LogP contribution in [0.2, 0.25) is 0 Å². The number of amidine groups is 1. The van der Waals surface area contributed by atoms with Crippen molar-refractivity contribution in [3.8, 4) is 0 Å². The Kier molecular flexibility index (Phi) is 0.983. The van der Waals surface area contributed by atoms with E-state index in [9.17, 15) is 0 Å². The Labute approximate surface area is 57.3 Å². The van der Waals surface area contributed by atoms with Crippen LogP contribution in [-0.4, -0.2) is 29.1 Å². The second kappa shape index (κ2) is 1.81. The van der Waals surface area contributed by atoms with Crippen molar-refractivity contribution in [2.24, 2.45) is 9.98 Å². The molecule has 0 unspecified atom stereocenters. The fourth-order valence-corrected chi connectivity index (χ4v) is 0.857. The highest BCUT2D eigenvalue weighted by Crippen LogP contribution is 2.06. The summed E-state index contributed by atoms with van der Waals surface area (Å²) < 4.78 is 0. The summed E-state index contributed by atoms with van der Waals surface area (Å²) >= 11 is 0. The molecule has 0 saturated carbocycles. The first-order chi connectivity index (χ1) is 4.86. The molecular formula is C5H6N4O. The number of hydroxylamine groups is 2. The van der Waals surface area contributed by atoms with Gasteiger partial charge in [-0.3, -0.25) is 5.21 Å². The van der Waals surface area contributed by atoms with Gasteiger partial charge >= 0.3 is 0 Å². The highest BCUT2D eigenvalue weighted by molar-refractivity contribution is 6.04. The first-order valence-electron chi connectivity index (χ1n) is 2.88. The van der Waals surface area contributed by atoms with E-state index in [-0.39, 0.29) is 0 Å². The van der Waals surface area contributed by atoms with E-state index in [1.165, 1.54) is 12.5 Å². The van der Waals surface area contributed by atoms with Gasteiger partial charge in [0.25, 0.3) is 0 Å². The molecule has 10 heavy (non-hydrogen) atoms. The Morgan fingerprint density at radius 2 is 2.60 bits per heavy atom. The lowest BCUT2D eigenvalue weighted by Gasteiger charge is -2.10. The molecule has 0 aromatic heterocycles. The minimum atomic E-state index is 0.548. The van der Waals surface area contributed by atoms with E-state index in [2.05, 4.69) is 15.3 Å². The molecule has 0 aliphatic carbocycles. The fourth-order valence-electron chi connectivity index (χ4n) is 0.857. The van der Waals surface area contributed by atoms with Gasteiger partial charge in [-0.2, -0.15) is 0 Å². The van der Waals surface area contributed by atoms with Crippen molar-refractivity contribution in [3.63, 3.8) is 0 Å². The molecule has 0 fully saturated rings. The number of nitrogens with zero attached hydrogens (tertiary/aromatic N) is 3. The van der Waals surface area contributed by atoms with Gasteiger partial charge in [-0.1, -0.05) is 0 Å². The summed E-state index contributed by atoms with van der Waals surface area (Å²) in [5.41, 5.74) is 0.769. The molecule has 2 rings (SSSR count). The van der Waals surface area contributed by atoms with Gasteiger partial charge < -0.3 is 5.32 Å². The Morgan fingerprint density at radius 1 is 1.70 bits per heavy atom. The number of hydrogen-bond acceptors (Lipinski definition) is 5. The normalized spacial score (nSPS) is 21.5. The van der Waals surface area contributed by atoms with Crippen LogP contribution in [0.5, 0.6) is 0 Å². The summed E-state index contributed by atoms with van der Waals surface area (Å²) in [4.78, 5) is 7.84. The Hall–Kier alpha value is -1.36. The second-order valence-electron chi connectivity index (χ2n) is 1.98. The van der Waals surface area contributed by atoms with E-state index in [1.807, 2.05) is 0 Å². The van der Waals surface area contributed by atoms with Crippen LogP contribution < -0.4 is 5.32 Å². The quantitative estimate of drug-likeness (QED) is 0.475. The van der Waals surface area contributed by atoms with Crippen molar-refractivity contribution >= 4 is 12.2 Å². The molecule has 2 aliphatic rings. The summed E-state index contributed by atoms with van der Waals surface area (Å²) in [5.74, 6) is 0.658. The first-order valence-corrected chi connectivity index (χ1v) is 2.88. The Balaban J connectivity index is 2.34. The number of nitrogens with one attached hydrogen (secondary N) is 1. The Morgan fingerprint density at radius 3 is 3.50 bits per heavy atom. The van der Waals surface area contributed by atoms with E-state index < -0.39 is 0 Å². The van der Waals surface area contributed by atoms with Crippen LogP contribution in [0.3, 0.4) is 0 Å². The summed E-state index contributed by atoms with van der Waals surface area (Å²) in [5, 5.41) is 12.7. The minimum Gasteiger partial charge on any atom is -0.362 e. The highest BCUT2D eigenvalue weighted by atomic mass is 16.5. The van der Waals surface area contributed by atoms with Crippen molar-refractivity contribution < 1.29 is 5.21 Å². The van der Waals surface area contributed by atoms with Crippen LogP contribution in [0, 0.1) is 0 Å². The van der Waals surface area contributed by atoms with Crippen molar-refractivity contribution in [2.75, 3.05) is 6.67 Å². The van der Waals surface area contributed by atoms with E-state index in [0.717, 1.165) is 10.8 Å². The maximum atomic E-state index is 8.87. The molecule has 0 radical (unpaired) electrons. The smallest absolute Gasteiger partial charge is 0.175 e. The molecule has 0 atom stereocenters. The topological polar surface area (TPSA) is 60.2 Å². The molecule has 0 aromatic rings. The number of rotatable bonds is 0. The van der Waals surface area contributed by atoms with E-state index in [4.69, 9.17) is 5.21 Å². The summed E-state index contributed by atoms with van der Waals surface area (Å²) in [6.45, 7) is 0.548. The fraction of sp³-hybridized carbons (Fsp3) is 0.200. The molecule has 5 heteroatoms. The van der Waals surface area contributed by atoms with E-state index >= 15 is 0 Å². The van der Waals surface area contributed by atoms with Gasteiger partial charge in [-0.05, 0) is 0 Å². The van der Waals surface area contributed by atoms with Crippen LogP contribution in [0.25, 0.3) is 0 Å². The van der Waals surface area contributed by atoms with Gasteiger partial charge in [-0.15, -0.1) is 0 Å². The van der Waals surface area contributed by atoms with Crippen LogP contribution in [0.4, 0.5) is 0 Å². The maximum Gasteiger partial charge on any atom is 0.175 e. The third kappa shape index (κ3) is 0.679. The van der Waals surface area contributed by atoms with E-state index in [1.54, 1.807) is 0 Å². The largest absolute Gasteiger partial charge is 0.362 e. The zero-order valence-corrected chi connectivity index (χ0v) is 5.15. The van der Waals surface area contributed by atoms with E-state index in [0.29, 0.717) is 12.5 Å². The average molecular weight is 138 g/mol. The van der Waals surface area contributed by atoms with Gasteiger partial charge in [-0.25, -0.2) is 15.0 Å².